The van der Waals surface area contributed by atoms with E-state index in [-0.39, 0.29) is 29.0 Å². The molecule has 0 atom stereocenters. The molecule has 0 bridgehead atoms. The number of carbonyl (C=O) groups is 3. The van der Waals surface area contributed by atoms with Crippen LogP contribution in [0.2, 0.25) is 5.02 Å². The second kappa shape index (κ2) is 10.5. The molecule has 0 spiro atoms. The van der Waals surface area contributed by atoms with E-state index in [0.717, 1.165) is 22.7 Å². The molecule has 1 aliphatic heterocycles. The van der Waals surface area contributed by atoms with E-state index in [9.17, 15) is 18.8 Å². The fraction of sp³-hybridized carbons (Fsp3) is 0.0800. The molecule has 172 valence electrons. The van der Waals surface area contributed by atoms with Crippen LogP contribution in [0.25, 0.3) is 6.08 Å². The lowest BCUT2D eigenvalue weighted by Gasteiger charge is -2.13. The zero-order chi connectivity index (χ0) is 24.1. The molecule has 9 heteroatoms. The number of nitrogens with zero attached hydrogens (tertiary/aromatic N) is 1. The number of thioether (sulfide) groups is 1. The molecule has 0 unspecified atom stereocenters. The van der Waals surface area contributed by atoms with E-state index in [4.69, 9.17) is 16.3 Å². The maximum Gasteiger partial charge on any atom is 0.293 e. The number of halogens is 2. The van der Waals surface area contributed by atoms with Crippen LogP contribution < -0.4 is 10.1 Å². The van der Waals surface area contributed by atoms with Gasteiger partial charge in [0.1, 0.15) is 11.6 Å². The van der Waals surface area contributed by atoms with Gasteiger partial charge in [0.15, 0.2) is 6.61 Å². The fourth-order valence-corrected chi connectivity index (χ4v) is 4.25. The minimum absolute atomic E-state index is 0.0705. The van der Waals surface area contributed by atoms with Crippen LogP contribution in [0.3, 0.4) is 0 Å². The monoisotopic (exact) mass is 496 g/mol. The van der Waals surface area contributed by atoms with Crippen LogP contribution in [0.1, 0.15) is 11.1 Å². The predicted molar refractivity (Wildman–Crippen MR) is 130 cm³/mol. The summed E-state index contributed by atoms with van der Waals surface area (Å²) in [5, 5.41) is 2.41. The number of benzene rings is 3. The minimum Gasteiger partial charge on any atom is -0.483 e. The fourth-order valence-electron chi connectivity index (χ4n) is 3.19. The summed E-state index contributed by atoms with van der Waals surface area (Å²) in [5.41, 5.74) is 1.65. The van der Waals surface area contributed by atoms with Crippen molar-refractivity contribution in [1.82, 2.24) is 4.90 Å². The van der Waals surface area contributed by atoms with Gasteiger partial charge in [-0.05, 0) is 53.7 Å². The van der Waals surface area contributed by atoms with Crippen molar-refractivity contribution >= 4 is 52.2 Å². The summed E-state index contributed by atoms with van der Waals surface area (Å²) in [6, 6.07) is 19.7. The number of rotatable bonds is 7. The molecule has 1 fully saturated rings. The van der Waals surface area contributed by atoms with E-state index in [1.54, 1.807) is 42.5 Å². The second-order valence-electron chi connectivity index (χ2n) is 7.24. The summed E-state index contributed by atoms with van der Waals surface area (Å²) in [5.74, 6) is -0.944. The smallest absolute Gasteiger partial charge is 0.293 e. The lowest BCUT2D eigenvalue weighted by atomic mass is 10.1. The van der Waals surface area contributed by atoms with Gasteiger partial charge in [-0.25, -0.2) is 4.39 Å². The minimum atomic E-state index is -0.503. The Morgan fingerprint density at radius 3 is 2.56 bits per heavy atom. The highest BCUT2D eigenvalue weighted by Crippen LogP contribution is 2.35. The Morgan fingerprint density at radius 1 is 1.06 bits per heavy atom. The van der Waals surface area contributed by atoms with Gasteiger partial charge in [-0.15, -0.1) is 0 Å². The van der Waals surface area contributed by atoms with Crippen LogP contribution in [0.4, 0.5) is 14.9 Å². The average molecular weight is 497 g/mol. The van der Waals surface area contributed by atoms with Crippen LogP contribution in [0.5, 0.6) is 5.75 Å². The normalized spacial score (nSPS) is 14.5. The number of hydrogen-bond donors (Lipinski definition) is 1. The quantitative estimate of drug-likeness (QED) is 0.422. The average Bonchev–Trinajstić information content (AvgIpc) is 3.08. The Balaban J connectivity index is 1.46. The third-order valence-corrected chi connectivity index (χ3v) is 6.10. The lowest BCUT2D eigenvalue weighted by Crippen LogP contribution is -2.27. The Hall–Kier alpha value is -3.62. The third-order valence-electron chi connectivity index (χ3n) is 4.84. The van der Waals surface area contributed by atoms with Crippen molar-refractivity contribution in [2.24, 2.45) is 0 Å². The van der Waals surface area contributed by atoms with Gasteiger partial charge in [0, 0.05) is 16.3 Å². The molecular formula is C25H18ClFN2O4S. The Kier molecular flexibility index (Phi) is 7.30. The number of para-hydroxylation sites is 2. The van der Waals surface area contributed by atoms with Crippen LogP contribution in [-0.2, 0) is 16.1 Å². The van der Waals surface area contributed by atoms with Gasteiger partial charge in [0.05, 0.1) is 11.4 Å². The number of nitrogens with one attached hydrogen (secondary N) is 1. The SMILES string of the molecule is O=C(COc1ccccc1/C=C1/SC(=O)N(Cc2ccc(F)cc2Cl)C1=O)Nc1ccccc1. The van der Waals surface area contributed by atoms with Crippen LogP contribution in [0.15, 0.2) is 77.7 Å². The molecule has 3 amide bonds. The molecule has 1 N–H and O–H groups in total. The van der Waals surface area contributed by atoms with E-state index in [2.05, 4.69) is 5.32 Å². The van der Waals surface area contributed by atoms with E-state index in [1.807, 2.05) is 18.2 Å². The van der Waals surface area contributed by atoms with Gasteiger partial charge in [0.25, 0.3) is 17.1 Å². The standard InChI is InChI=1S/C25H18ClFN2O4S/c26-20-13-18(27)11-10-17(20)14-29-24(31)22(34-25(29)32)12-16-6-4-5-9-21(16)33-15-23(30)28-19-7-2-1-3-8-19/h1-13H,14-15H2,(H,28,30)/b22-12+. The van der Waals surface area contributed by atoms with Gasteiger partial charge in [-0.3, -0.25) is 19.3 Å². The molecular weight excluding hydrogens is 479 g/mol. The van der Waals surface area contributed by atoms with Crippen LogP contribution >= 0.6 is 23.4 Å². The van der Waals surface area contributed by atoms with Gasteiger partial charge in [-0.1, -0.05) is 54.1 Å². The number of hydrogen-bond acceptors (Lipinski definition) is 5. The first-order valence-electron chi connectivity index (χ1n) is 10.2. The summed E-state index contributed by atoms with van der Waals surface area (Å²) in [7, 11) is 0. The molecule has 4 rings (SSSR count). The first kappa shape index (κ1) is 23.5. The molecule has 0 saturated carbocycles. The maximum absolute atomic E-state index is 13.3. The zero-order valence-corrected chi connectivity index (χ0v) is 19.2. The Labute approximate surface area is 204 Å². The van der Waals surface area contributed by atoms with Gasteiger partial charge in [0.2, 0.25) is 0 Å². The van der Waals surface area contributed by atoms with Crippen LogP contribution in [0, 0.1) is 5.82 Å². The summed E-state index contributed by atoms with van der Waals surface area (Å²) in [6.45, 7) is -0.302. The van der Waals surface area contributed by atoms with E-state index in [0.29, 0.717) is 22.6 Å². The van der Waals surface area contributed by atoms with E-state index < -0.39 is 17.0 Å². The van der Waals surface area contributed by atoms with Crippen molar-refractivity contribution in [1.29, 1.82) is 0 Å². The number of imide groups is 1. The predicted octanol–water partition coefficient (Wildman–Crippen LogP) is 5.73. The van der Waals surface area contributed by atoms with Crippen molar-refractivity contribution in [3.63, 3.8) is 0 Å². The molecule has 1 heterocycles. The van der Waals surface area contributed by atoms with Crippen molar-refractivity contribution in [2.45, 2.75) is 6.54 Å². The van der Waals surface area contributed by atoms with E-state index >= 15 is 0 Å². The van der Waals surface area contributed by atoms with Crippen LogP contribution in [-0.4, -0.2) is 28.6 Å². The highest BCUT2D eigenvalue weighted by Gasteiger charge is 2.35. The van der Waals surface area contributed by atoms with Gasteiger partial charge in [-0.2, -0.15) is 0 Å². The topological polar surface area (TPSA) is 75.7 Å². The highest BCUT2D eigenvalue weighted by atomic mass is 35.5. The second-order valence-corrected chi connectivity index (χ2v) is 8.64. The zero-order valence-electron chi connectivity index (χ0n) is 17.7. The van der Waals surface area contributed by atoms with Gasteiger partial charge < -0.3 is 10.1 Å². The van der Waals surface area contributed by atoms with E-state index in [1.165, 1.54) is 12.1 Å². The van der Waals surface area contributed by atoms with Crippen molar-refractivity contribution in [3.8, 4) is 5.75 Å². The number of amides is 3. The summed E-state index contributed by atoms with van der Waals surface area (Å²) < 4.78 is 19.0. The Morgan fingerprint density at radius 2 is 1.79 bits per heavy atom. The number of ether oxygens (including phenoxy) is 1. The molecule has 1 saturated heterocycles. The number of carbonyl (C=O) groups excluding carboxylic acids is 3. The van der Waals surface area contributed by atoms with Crippen molar-refractivity contribution in [2.75, 3.05) is 11.9 Å². The Bertz CT molecular complexity index is 1280. The summed E-state index contributed by atoms with van der Waals surface area (Å²) in [4.78, 5) is 38.8. The van der Waals surface area contributed by atoms with Gasteiger partial charge >= 0.3 is 0 Å². The first-order chi connectivity index (χ1) is 16.4. The molecule has 6 nitrogen and oxygen atoms in total. The molecule has 0 aromatic heterocycles. The highest BCUT2D eigenvalue weighted by molar-refractivity contribution is 8.18. The molecule has 1 aliphatic rings. The summed E-state index contributed by atoms with van der Waals surface area (Å²) >= 11 is 6.83. The van der Waals surface area contributed by atoms with Crippen molar-refractivity contribution < 1.29 is 23.5 Å². The largest absolute Gasteiger partial charge is 0.483 e. The molecule has 0 aliphatic carbocycles. The summed E-state index contributed by atoms with van der Waals surface area (Å²) in [6.07, 6.45) is 1.54. The maximum atomic E-state index is 13.3. The lowest BCUT2D eigenvalue weighted by molar-refractivity contribution is -0.123. The number of anilines is 1. The molecule has 3 aromatic carbocycles. The molecule has 0 radical (unpaired) electrons. The molecule has 3 aromatic rings. The van der Waals surface area contributed by atoms with Crippen molar-refractivity contribution in [3.05, 3.63) is 99.7 Å². The first-order valence-corrected chi connectivity index (χ1v) is 11.4. The third kappa shape index (κ3) is 5.65. The molecule has 34 heavy (non-hydrogen) atoms.